The van der Waals surface area contributed by atoms with Crippen LogP contribution in [0.5, 0.6) is 0 Å². The molecule has 4 nitrogen and oxygen atoms in total. The van der Waals surface area contributed by atoms with Crippen molar-refractivity contribution in [1.29, 1.82) is 0 Å². The average Bonchev–Trinajstić information content (AvgIpc) is 2.06. The van der Waals surface area contributed by atoms with Gasteiger partial charge in [-0.05, 0) is 12.3 Å². The van der Waals surface area contributed by atoms with Crippen LogP contribution in [0.2, 0.25) is 0 Å². The van der Waals surface area contributed by atoms with E-state index in [1.807, 2.05) is 0 Å². The highest BCUT2D eigenvalue weighted by molar-refractivity contribution is 5.69. The van der Waals surface area contributed by atoms with Crippen LogP contribution in [0.4, 0.5) is 0 Å². The molecular weight excluding hydrogens is 144 g/mol. The second-order valence-corrected chi connectivity index (χ2v) is 2.68. The predicted molar refractivity (Wildman–Crippen MR) is 39.7 cm³/mol. The van der Waals surface area contributed by atoms with E-state index in [1.165, 1.54) is 7.11 Å². The average molecular weight is 157 g/mol. The van der Waals surface area contributed by atoms with Crippen molar-refractivity contribution in [3.63, 3.8) is 0 Å². The predicted octanol–water partition coefficient (Wildman–Crippen LogP) is -0.322. The van der Waals surface area contributed by atoms with Gasteiger partial charge in [0.05, 0.1) is 7.11 Å². The lowest BCUT2D eigenvalue weighted by atomic mass is 10.0. The number of rotatable bonds is 2. The van der Waals surface area contributed by atoms with Crippen molar-refractivity contribution in [3.8, 4) is 0 Å². The van der Waals surface area contributed by atoms with Gasteiger partial charge in [-0.2, -0.15) is 5.43 Å². The Morgan fingerprint density at radius 2 is 2.64 bits per heavy atom. The lowest BCUT2D eigenvalue weighted by Crippen LogP contribution is -2.38. The number of carbonyl (C=O) groups excluding carboxylic acids is 1. The van der Waals surface area contributed by atoms with Crippen LogP contribution in [0, 0.1) is 5.92 Å². The van der Waals surface area contributed by atoms with E-state index in [0.29, 0.717) is 12.3 Å². The fourth-order valence-corrected chi connectivity index (χ4v) is 1.12. The fraction of sp³-hybridized carbons (Fsp3) is 0.857. The van der Waals surface area contributed by atoms with Gasteiger partial charge >= 0.3 is 5.97 Å². The Bertz CT molecular complexity index is 132. The van der Waals surface area contributed by atoms with Gasteiger partial charge in [0.2, 0.25) is 0 Å². The van der Waals surface area contributed by atoms with Crippen molar-refractivity contribution in [2.24, 2.45) is 5.92 Å². The Hall–Kier alpha value is -0.610. The van der Waals surface area contributed by atoms with Gasteiger partial charge in [-0.3, -0.25) is 4.79 Å². The van der Waals surface area contributed by atoms with Crippen LogP contribution in [0.3, 0.4) is 0 Å². The van der Waals surface area contributed by atoms with Gasteiger partial charge in [-0.25, -0.2) is 5.43 Å². The van der Waals surface area contributed by atoms with Crippen LogP contribution in [-0.4, -0.2) is 26.2 Å². The summed E-state index contributed by atoms with van der Waals surface area (Å²) in [7, 11) is 1.42. The monoisotopic (exact) mass is 157 g/mol. The molecule has 1 saturated heterocycles. The van der Waals surface area contributed by atoms with Gasteiger partial charge in [-0.1, -0.05) is 0 Å². The molecule has 1 rings (SSSR count). The molecule has 11 heavy (non-hydrogen) atoms. The van der Waals surface area contributed by atoms with Gasteiger partial charge in [0.1, 0.15) is 0 Å². The highest BCUT2D eigenvalue weighted by Crippen LogP contribution is 2.09. The highest BCUT2D eigenvalue weighted by atomic mass is 16.5. The molecule has 0 aromatic rings. The molecule has 0 saturated carbocycles. The summed E-state index contributed by atoms with van der Waals surface area (Å²) in [5.74, 6) is 0.277. The zero-order chi connectivity index (χ0) is 8.10. The molecular formula is C7H13N2O2. The van der Waals surface area contributed by atoms with Crippen LogP contribution in [0.25, 0.3) is 0 Å². The van der Waals surface area contributed by atoms with Crippen molar-refractivity contribution in [2.75, 3.05) is 20.2 Å². The molecule has 63 valence electrons. The summed E-state index contributed by atoms with van der Waals surface area (Å²) in [5.41, 5.74) is 6.84. The molecule has 4 heteroatoms. The Morgan fingerprint density at radius 3 is 3.18 bits per heavy atom. The van der Waals surface area contributed by atoms with Crippen LogP contribution in [0.1, 0.15) is 12.8 Å². The molecule has 0 aromatic carbocycles. The van der Waals surface area contributed by atoms with Crippen molar-refractivity contribution in [3.05, 3.63) is 0 Å². The highest BCUT2D eigenvalue weighted by Gasteiger charge is 2.16. The second kappa shape index (κ2) is 4.31. The number of hydrogen-bond acceptors (Lipinski definition) is 3. The number of nitrogens with zero attached hydrogens (tertiary/aromatic N) is 1. The summed E-state index contributed by atoms with van der Waals surface area (Å²) < 4.78 is 4.56. The molecule has 1 aliphatic heterocycles. The van der Waals surface area contributed by atoms with Crippen LogP contribution in [-0.2, 0) is 9.53 Å². The maximum absolute atomic E-state index is 10.8. The molecule has 1 fully saturated rings. The third-order valence-electron chi connectivity index (χ3n) is 1.82. The van der Waals surface area contributed by atoms with Crippen molar-refractivity contribution < 1.29 is 9.53 Å². The number of carbonyl (C=O) groups is 1. The van der Waals surface area contributed by atoms with E-state index in [4.69, 9.17) is 0 Å². The van der Waals surface area contributed by atoms with E-state index in [1.54, 1.807) is 0 Å². The van der Waals surface area contributed by atoms with E-state index in [2.05, 4.69) is 15.6 Å². The normalized spacial score (nSPS) is 24.6. The van der Waals surface area contributed by atoms with Crippen molar-refractivity contribution in [1.82, 2.24) is 10.9 Å². The minimum atomic E-state index is -0.126. The standard InChI is InChI=1S/C7H13N2O2/c1-11-7(10)4-6-2-3-8-9-5-6/h6,9H,2-5H2,1H3. The zero-order valence-electron chi connectivity index (χ0n) is 6.67. The quantitative estimate of drug-likeness (QED) is 0.559. The first-order chi connectivity index (χ1) is 5.33. The summed E-state index contributed by atoms with van der Waals surface area (Å²) >= 11 is 0. The molecule has 1 radical (unpaired) electrons. The van der Waals surface area contributed by atoms with Gasteiger partial charge in [0.15, 0.2) is 0 Å². The van der Waals surface area contributed by atoms with E-state index in [-0.39, 0.29) is 5.97 Å². The van der Waals surface area contributed by atoms with Crippen LogP contribution >= 0.6 is 0 Å². The third-order valence-corrected chi connectivity index (χ3v) is 1.82. The van der Waals surface area contributed by atoms with E-state index < -0.39 is 0 Å². The molecule has 0 bridgehead atoms. The maximum atomic E-state index is 10.8. The second-order valence-electron chi connectivity index (χ2n) is 2.68. The molecule has 1 unspecified atom stereocenters. The summed E-state index contributed by atoms with van der Waals surface area (Å²) in [4.78, 5) is 10.8. The first-order valence-corrected chi connectivity index (χ1v) is 3.79. The molecule has 0 aliphatic carbocycles. The van der Waals surface area contributed by atoms with E-state index in [9.17, 15) is 4.79 Å². The Labute approximate surface area is 66.3 Å². The minimum absolute atomic E-state index is 0.126. The Kier molecular flexibility index (Phi) is 3.32. The van der Waals surface area contributed by atoms with Gasteiger partial charge in [0, 0.05) is 19.5 Å². The maximum Gasteiger partial charge on any atom is 0.305 e. The van der Waals surface area contributed by atoms with Gasteiger partial charge in [0.25, 0.3) is 0 Å². The van der Waals surface area contributed by atoms with Crippen LogP contribution in [0.15, 0.2) is 0 Å². The van der Waals surface area contributed by atoms with Gasteiger partial charge in [-0.15, -0.1) is 0 Å². The number of nitrogens with one attached hydrogen (secondary N) is 1. The lowest BCUT2D eigenvalue weighted by molar-refractivity contribution is -0.141. The van der Waals surface area contributed by atoms with Crippen molar-refractivity contribution >= 4 is 5.97 Å². The van der Waals surface area contributed by atoms with E-state index >= 15 is 0 Å². The number of ether oxygens (including phenoxy) is 1. The minimum Gasteiger partial charge on any atom is -0.469 e. The first-order valence-electron chi connectivity index (χ1n) is 3.79. The summed E-state index contributed by atoms with van der Waals surface area (Å²) in [6.07, 6.45) is 1.50. The summed E-state index contributed by atoms with van der Waals surface area (Å²) in [6.45, 7) is 1.61. The topological polar surface area (TPSA) is 52.4 Å². The molecule has 0 spiro atoms. The molecule has 1 atom stereocenters. The Balaban J connectivity index is 2.19. The largest absolute Gasteiger partial charge is 0.469 e. The smallest absolute Gasteiger partial charge is 0.305 e. The number of methoxy groups -OCH3 is 1. The SMILES string of the molecule is COC(=O)CC1CC[N]NC1. The molecule has 0 aromatic heterocycles. The van der Waals surface area contributed by atoms with Gasteiger partial charge < -0.3 is 4.74 Å². The van der Waals surface area contributed by atoms with E-state index in [0.717, 1.165) is 19.5 Å². The molecule has 1 aliphatic rings. The molecule has 1 N–H and O–H groups in total. The Morgan fingerprint density at radius 1 is 1.82 bits per heavy atom. The number of hydrogen-bond donors (Lipinski definition) is 1. The summed E-state index contributed by atoms with van der Waals surface area (Å²) in [5, 5.41) is 0. The van der Waals surface area contributed by atoms with Crippen LogP contribution < -0.4 is 10.9 Å². The number of esters is 1. The molecule has 0 amide bonds. The lowest BCUT2D eigenvalue weighted by Gasteiger charge is -2.20. The first kappa shape index (κ1) is 8.49. The third kappa shape index (κ3) is 2.86. The summed E-state index contributed by atoms with van der Waals surface area (Å²) in [6, 6.07) is 0. The molecule has 1 heterocycles. The fourth-order valence-electron chi connectivity index (χ4n) is 1.12. The van der Waals surface area contributed by atoms with Crippen molar-refractivity contribution in [2.45, 2.75) is 12.8 Å². The zero-order valence-corrected chi connectivity index (χ0v) is 6.67.